The highest BCUT2D eigenvalue weighted by molar-refractivity contribution is 7.18. The van der Waals surface area contributed by atoms with Crippen LogP contribution in [0.3, 0.4) is 0 Å². The molecule has 3 heterocycles. The first kappa shape index (κ1) is 15.8. The third-order valence-electron chi connectivity index (χ3n) is 5.27. The van der Waals surface area contributed by atoms with Crippen LogP contribution >= 0.6 is 11.3 Å². The van der Waals surface area contributed by atoms with Gasteiger partial charge in [-0.05, 0) is 57.4 Å². The lowest BCUT2D eigenvalue weighted by atomic mass is 9.97. The molecule has 0 N–H and O–H groups in total. The maximum absolute atomic E-state index is 13.1. The van der Waals surface area contributed by atoms with Crippen LogP contribution in [-0.2, 0) is 24.2 Å². The van der Waals surface area contributed by atoms with Gasteiger partial charge in [0.2, 0.25) is 5.91 Å². The summed E-state index contributed by atoms with van der Waals surface area (Å²) in [5.74, 6) is 0.696. The molecule has 1 aliphatic carbocycles. The van der Waals surface area contributed by atoms with Crippen LogP contribution in [0.25, 0.3) is 10.2 Å². The minimum atomic E-state index is -0.0257. The van der Waals surface area contributed by atoms with E-state index in [0.29, 0.717) is 5.82 Å². The average Bonchev–Trinajstić information content (AvgIpc) is 2.97. The molecule has 4 rings (SSSR count). The summed E-state index contributed by atoms with van der Waals surface area (Å²) in [4.78, 5) is 34.4. The Morgan fingerprint density at radius 2 is 1.88 bits per heavy atom. The van der Waals surface area contributed by atoms with Gasteiger partial charge in [-0.15, -0.1) is 11.3 Å². The van der Waals surface area contributed by atoms with Gasteiger partial charge in [0.25, 0.3) is 5.56 Å². The first-order valence-corrected chi connectivity index (χ1v) is 9.76. The van der Waals surface area contributed by atoms with E-state index in [-0.39, 0.29) is 18.0 Å². The Hall–Kier alpha value is -1.69. The zero-order valence-electron chi connectivity index (χ0n) is 14.1. The average molecular weight is 345 g/mol. The van der Waals surface area contributed by atoms with Gasteiger partial charge in [-0.1, -0.05) is 0 Å². The number of hydrogen-bond donors (Lipinski definition) is 0. The largest absolute Gasteiger partial charge is 0.341 e. The Morgan fingerprint density at radius 1 is 1.12 bits per heavy atom. The summed E-state index contributed by atoms with van der Waals surface area (Å²) in [6, 6.07) is 0. The standard InChI is InChI=1S/C18H23N3O2S/c1-12-19-17-16(13-7-3-4-8-14(13)24-17)18(23)21(12)11-15(22)20-9-5-2-6-10-20/h2-11H2,1H3. The van der Waals surface area contributed by atoms with Crippen molar-refractivity contribution in [3.63, 3.8) is 0 Å². The lowest BCUT2D eigenvalue weighted by Gasteiger charge is -2.27. The quantitative estimate of drug-likeness (QED) is 0.841. The Balaban J connectivity index is 1.72. The zero-order chi connectivity index (χ0) is 16.7. The van der Waals surface area contributed by atoms with Crippen LogP contribution in [0, 0.1) is 6.92 Å². The lowest BCUT2D eigenvalue weighted by molar-refractivity contribution is -0.132. The summed E-state index contributed by atoms with van der Waals surface area (Å²) in [7, 11) is 0. The van der Waals surface area contributed by atoms with Gasteiger partial charge in [0.05, 0.1) is 5.39 Å². The lowest BCUT2D eigenvalue weighted by Crippen LogP contribution is -2.40. The Bertz CT molecular complexity index is 846. The van der Waals surface area contributed by atoms with Crippen LogP contribution in [0.5, 0.6) is 0 Å². The Kier molecular flexibility index (Phi) is 4.16. The summed E-state index contributed by atoms with van der Waals surface area (Å²) in [5.41, 5.74) is 1.17. The number of aryl methyl sites for hydroxylation is 3. The maximum Gasteiger partial charge on any atom is 0.263 e. The molecule has 1 fully saturated rings. The molecule has 0 spiro atoms. The fourth-order valence-corrected chi connectivity index (χ4v) is 5.20. The van der Waals surface area contributed by atoms with Gasteiger partial charge in [-0.2, -0.15) is 0 Å². The van der Waals surface area contributed by atoms with Crippen LogP contribution in [0.4, 0.5) is 0 Å². The number of piperidine rings is 1. The van der Waals surface area contributed by atoms with E-state index in [2.05, 4.69) is 4.98 Å². The predicted octanol–water partition coefficient (Wildman–Crippen LogP) is 2.66. The van der Waals surface area contributed by atoms with Gasteiger partial charge < -0.3 is 4.90 Å². The molecule has 2 aliphatic rings. The predicted molar refractivity (Wildman–Crippen MR) is 95.7 cm³/mol. The second-order valence-electron chi connectivity index (χ2n) is 6.88. The molecule has 6 heteroatoms. The van der Waals surface area contributed by atoms with E-state index in [1.165, 1.54) is 23.3 Å². The highest BCUT2D eigenvalue weighted by Crippen LogP contribution is 2.33. The van der Waals surface area contributed by atoms with Crippen LogP contribution in [0.2, 0.25) is 0 Å². The first-order valence-electron chi connectivity index (χ1n) is 8.94. The van der Waals surface area contributed by atoms with Crippen LogP contribution < -0.4 is 5.56 Å². The van der Waals surface area contributed by atoms with Crippen molar-refractivity contribution in [1.29, 1.82) is 0 Å². The molecule has 0 atom stereocenters. The molecule has 0 bridgehead atoms. The molecule has 128 valence electrons. The monoisotopic (exact) mass is 345 g/mol. The van der Waals surface area contributed by atoms with Crippen molar-refractivity contribution in [2.24, 2.45) is 0 Å². The number of hydrogen-bond acceptors (Lipinski definition) is 4. The van der Waals surface area contributed by atoms with E-state index >= 15 is 0 Å². The second kappa shape index (κ2) is 6.31. The smallest absolute Gasteiger partial charge is 0.263 e. The molecule has 1 amide bonds. The summed E-state index contributed by atoms with van der Waals surface area (Å²) in [6.45, 7) is 3.59. The van der Waals surface area contributed by atoms with Crippen molar-refractivity contribution < 1.29 is 4.79 Å². The van der Waals surface area contributed by atoms with E-state index in [9.17, 15) is 9.59 Å². The van der Waals surface area contributed by atoms with Crippen molar-refractivity contribution in [3.8, 4) is 0 Å². The fraction of sp³-hybridized carbons (Fsp3) is 0.611. The molecule has 1 aliphatic heterocycles. The summed E-state index contributed by atoms with van der Waals surface area (Å²) >= 11 is 1.66. The molecule has 2 aromatic rings. The SMILES string of the molecule is Cc1nc2sc3c(c2c(=O)n1CC(=O)N1CCCCC1)CCCC3. The molecule has 0 aromatic carbocycles. The van der Waals surface area contributed by atoms with E-state index in [0.717, 1.165) is 55.4 Å². The van der Waals surface area contributed by atoms with Gasteiger partial charge in [0.15, 0.2) is 0 Å². The molecular formula is C18H23N3O2S. The van der Waals surface area contributed by atoms with Gasteiger partial charge in [-0.3, -0.25) is 14.2 Å². The van der Waals surface area contributed by atoms with Crippen molar-refractivity contribution in [1.82, 2.24) is 14.5 Å². The molecule has 5 nitrogen and oxygen atoms in total. The maximum atomic E-state index is 13.1. The van der Waals surface area contributed by atoms with E-state index in [4.69, 9.17) is 0 Å². The minimum Gasteiger partial charge on any atom is -0.341 e. The second-order valence-corrected chi connectivity index (χ2v) is 7.97. The van der Waals surface area contributed by atoms with Crippen LogP contribution in [0.1, 0.15) is 48.4 Å². The summed E-state index contributed by atoms with van der Waals surface area (Å²) < 4.78 is 1.58. The number of likely N-dealkylation sites (tertiary alicyclic amines) is 1. The van der Waals surface area contributed by atoms with Crippen LogP contribution in [0.15, 0.2) is 4.79 Å². The van der Waals surface area contributed by atoms with Crippen molar-refractivity contribution in [3.05, 3.63) is 26.6 Å². The normalized spacial score (nSPS) is 18.0. The minimum absolute atomic E-state index is 0.0257. The number of rotatable bonds is 2. The third-order valence-corrected chi connectivity index (χ3v) is 6.45. The molecule has 1 saturated heterocycles. The summed E-state index contributed by atoms with van der Waals surface area (Å²) in [6.07, 6.45) is 7.68. The van der Waals surface area contributed by atoms with Crippen LogP contribution in [-0.4, -0.2) is 33.4 Å². The van der Waals surface area contributed by atoms with E-state index in [1.54, 1.807) is 15.9 Å². The zero-order valence-corrected chi connectivity index (χ0v) is 15.0. The van der Waals surface area contributed by atoms with Crippen molar-refractivity contribution in [2.45, 2.75) is 58.4 Å². The third kappa shape index (κ3) is 2.66. The highest BCUT2D eigenvalue weighted by atomic mass is 32.1. The number of aromatic nitrogens is 2. The number of carbonyl (C=O) groups is 1. The number of thiophene rings is 1. The van der Waals surface area contributed by atoms with Gasteiger partial charge in [0, 0.05) is 18.0 Å². The highest BCUT2D eigenvalue weighted by Gasteiger charge is 2.23. The molecule has 0 unspecified atom stereocenters. The Morgan fingerprint density at radius 3 is 2.67 bits per heavy atom. The molecule has 2 aromatic heterocycles. The Labute approximate surface area is 145 Å². The van der Waals surface area contributed by atoms with Gasteiger partial charge in [-0.25, -0.2) is 4.98 Å². The van der Waals surface area contributed by atoms with E-state index in [1.807, 2.05) is 11.8 Å². The number of fused-ring (bicyclic) bond motifs is 3. The number of amides is 1. The van der Waals surface area contributed by atoms with E-state index < -0.39 is 0 Å². The first-order chi connectivity index (χ1) is 11.6. The topological polar surface area (TPSA) is 55.2 Å². The molecule has 24 heavy (non-hydrogen) atoms. The molecule has 0 radical (unpaired) electrons. The number of carbonyl (C=O) groups excluding carboxylic acids is 1. The molecule has 0 saturated carbocycles. The number of nitrogens with zero attached hydrogens (tertiary/aromatic N) is 3. The van der Waals surface area contributed by atoms with Crippen molar-refractivity contribution in [2.75, 3.05) is 13.1 Å². The summed E-state index contributed by atoms with van der Waals surface area (Å²) in [5, 5.41) is 0.770. The van der Waals surface area contributed by atoms with Gasteiger partial charge in [0.1, 0.15) is 17.2 Å². The fourth-order valence-electron chi connectivity index (χ4n) is 3.90. The molecular weight excluding hydrogens is 322 g/mol. The van der Waals surface area contributed by atoms with Gasteiger partial charge >= 0.3 is 0 Å². The van der Waals surface area contributed by atoms with Crippen molar-refractivity contribution >= 4 is 27.5 Å².